The molecule has 2 nitrogen and oxygen atoms in total. The summed E-state index contributed by atoms with van der Waals surface area (Å²) in [4.78, 5) is 0. The molecular formula is C12H19NO. The van der Waals surface area contributed by atoms with Gasteiger partial charge in [-0.15, -0.1) is 0 Å². The molecule has 1 unspecified atom stereocenters. The van der Waals surface area contributed by atoms with Crippen molar-refractivity contribution in [3.63, 3.8) is 0 Å². The van der Waals surface area contributed by atoms with Crippen molar-refractivity contribution in [1.82, 2.24) is 0 Å². The van der Waals surface area contributed by atoms with Gasteiger partial charge in [-0.1, -0.05) is 30.3 Å². The molecule has 0 saturated carbocycles. The van der Waals surface area contributed by atoms with Gasteiger partial charge in [-0.2, -0.15) is 0 Å². The largest absolute Gasteiger partial charge is 0.374 e. The zero-order chi connectivity index (χ0) is 10.6. The minimum atomic E-state index is -0.119. The monoisotopic (exact) mass is 193 g/mol. The second kappa shape index (κ2) is 4.58. The molecule has 1 atom stereocenters. The van der Waals surface area contributed by atoms with Crippen LogP contribution in [0, 0.1) is 0 Å². The maximum Gasteiger partial charge on any atom is 0.0666 e. The minimum Gasteiger partial charge on any atom is -0.374 e. The number of nitrogens with two attached hydrogens (primary N) is 1. The summed E-state index contributed by atoms with van der Waals surface area (Å²) in [6, 6.07) is 9.99. The van der Waals surface area contributed by atoms with Crippen LogP contribution >= 0.6 is 0 Å². The van der Waals surface area contributed by atoms with E-state index in [2.05, 4.69) is 0 Å². The SMILES string of the molecule is CC(C)(C)OCC(N)c1ccccc1. The van der Waals surface area contributed by atoms with E-state index in [1.54, 1.807) is 0 Å². The molecule has 14 heavy (non-hydrogen) atoms. The van der Waals surface area contributed by atoms with E-state index in [9.17, 15) is 0 Å². The van der Waals surface area contributed by atoms with E-state index in [0.717, 1.165) is 5.56 Å². The number of benzene rings is 1. The van der Waals surface area contributed by atoms with Gasteiger partial charge in [0.2, 0.25) is 0 Å². The molecule has 78 valence electrons. The van der Waals surface area contributed by atoms with Gasteiger partial charge in [0.05, 0.1) is 18.2 Å². The maximum absolute atomic E-state index is 5.98. The average Bonchev–Trinajstić information content (AvgIpc) is 2.14. The summed E-state index contributed by atoms with van der Waals surface area (Å²) in [5, 5.41) is 0. The van der Waals surface area contributed by atoms with Crippen molar-refractivity contribution in [2.75, 3.05) is 6.61 Å². The first-order chi connectivity index (χ1) is 6.49. The van der Waals surface area contributed by atoms with Crippen LogP contribution in [0.1, 0.15) is 32.4 Å². The summed E-state index contributed by atoms with van der Waals surface area (Å²) >= 11 is 0. The summed E-state index contributed by atoms with van der Waals surface area (Å²) in [5.41, 5.74) is 6.98. The lowest BCUT2D eigenvalue weighted by Gasteiger charge is -2.22. The third kappa shape index (κ3) is 3.90. The van der Waals surface area contributed by atoms with E-state index in [1.165, 1.54) is 0 Å². The molecule has 1 rings (SSSR count). The Bertz CT molecular complexity index is 263. The van der Waals surface area contributed by atoms with Gasteiger partial charge in [0, 0.05) is 0 Å². The Morgan fingerprint density at radius 1 is 1.21 bits per heavy atom. The first kappa shape index (κ1) is 11.2. The third-order valence-corrected chi connectivity index (χ3v) is 1.92. The molecular weight excluding hydrogens is 174 g/mol. The van der Waals surface area contributed by atoms with Gasteiger partial charge < -0.3 is 10.5 Å². The highest BCUT2D eigenvalue weighted by Crippen LogP contribution is 2.14. The van der Waals surface area contributed by atoms with Crippen molar-refractivity contribution in [1.29, 1.82) is 0 Å². The lowest BCUT2D eigenvalue weighted by Crippen LogP contribution is -2.26. The van der Waals surface area contributed by atoms with E-state index < -0.39 is 0 Å². The topological polar surface area (TPSA) is 35.2 Å². The summed E-state index contributed by atoms with van der Waals surface area (Å²) in [6.07, 6.45) is 0. The number of ether oxygens (including phenoxy) is 1. The zero-order valence-electron chi connectivity index (χ0n) is 9.16. The molecule has 1 aromatic rings. The van der Waals surface area contributed by atoms with Crippen molar-refractivity contribution in [3.05, 3.63) is 35.9 Å². The third-order valence-electron chi connectivity index (χ3n) is 1.92. The Hall–Kier alpha value is -0.860. The number of hydrogen-bond donors (Lipinski definition) is 1. The molecule has 0 aromatic heterocycles. The Labute approximate surface area is 86.1 Å². The second-order valence-electron chi connectivity index (χ2n) is 4.44. The number of rotatable bonds is 3. The maximum atomic E-state index is 5.98. The van der Waals surface area contributed by atoms with E-state index in [-0.39, 0.29) is 11.6 Å². The van der Waals surface area contributed by atoms with Crippen LogP contribution in [0.3, 0.4) is 0 Å². The number of hydrogen-bond acceptors (Lipinski definition) is 2. The Balaban J connectivity index is 2.48. The molecule has 0 spiro atoms. The molecule has 0 aliphatic carbocycles. The molecule has 0 aliphatic heterocycles. The summed E-state index contributed by atoms with van der Waals surface area (Å²) < 4.78 is 5.62. The molecule has 0 saturated heterocycles. The lowest BCUT2D eigenvalue weighted by molar-refractivity contribution is -0.0102. The van der Waals surface area contributed by atoms with Gasteiger partial charge in [0.25, 0.3) is 0 Å². The summed E-state index contributed by atoms with van der Waals surface area (Å²) in [7, 11) is 0. The Morgan fingerprint density at radius 3 is 2.29 bits per heavy atom. The smallest absolute Gasteiger partial charge is 0.0666 e. The normalized spacial score (nSPS) is 14.0. The second-order valence-corrected chi connectivity index (χ2v) is 4.44. The van der Waals surface area contributed by atoms with Crippen LogP contribution in [-0.4, -0.2) is 12.2 Å². The Morgan fingerprint density at radius 2 is 1.79 bits per heavy atom. The van der Waals surface area contributed by atoms with Crippen LogP contribution in [0.5, 0.6) is 0 Å². The lowest BCUT2D eigenvalue weighted by atomic mass is 10.1. The highest BCUT2D eigenvalue weighted by Gasteiger charge is 2.13. The fourth-order valence-electron chi connectivity index (χ4n) is 1.14. The average molecular weight is 193 g/mol. The highest BCUT2D eigenvalue weighted by molar-refractivity contribution is 5.18. The molecule has 2 heteroatoms. The molecule has 2 N–H and O–H groups in total. The van der Waals surface area contributed by atoms with E-state index in [0.29, 0.717) is 6.61 Å². The van der Waals surface area contributed by atoms with Crippen LogP contribution < -0.4 is 5.73 Å². The van der Waals surface area contributed by atoms with Gasteiger partial charge >= 0.3 is 0 Å². The summed E-state index contributed by atoms with van der Waals surface area (Å²) in [5.74, 6) is 0. The van der Waals surface area contributed by atoms with Crippen LogP contribution in [-0.2, 0) is 4.74 Å². The first-order valence-electron chi connectivity index (χ1n) is 4.93. The van der Waals surface area contributed by atoms with Crippen LogP contribution in [0.4, 0.5) is 0 Å². The van der Waals surface area contributed by atoms with Crippen LogP contribution in [0.15, 0.2) is 30.3 Å². The van der Waals surface area contributed by atoms with Gasteiger partial charge in [0.1, 0.15) is 0 Å². The van der Waals surface area contributed by atoms with Gasteiger partial charge in [0.15, 0.2) is 0 Å². The van der Waals surface area contributed by atoms with Gasteiger partial charge in [-0.3, -0.25) is 0 Å². The molecule has 0 bridgehead atoms. The minimum absolute atomic E-state index is 0.0320. The van der Waals surface area contributed by atoms with Gasteiger partial charge in [-0.05, 0) is 26.3 Å². The van der Waals surface area contributed by atoms with Crippen molar-refractivity contribution in [3.8, 4) is 0 Å². The van der Waals surface area contributed by atoms with E-state index >= 15 is 0 Å². The standard InChI is InChI=1S/C12H19NO/c1-12(2,3)14-9-11(13)10-7-5-4-6-8-10/h4-8,11H,9,13H2,1-3H3. The van der Waals surface area contributed by atoms with Crippen molar-refractivity contribution in [2.45, 2.75) is 32.4 Å². The van der Waals surface area contributed by atoms with Crippen LogP contribution in [0.2, 0.25) is 0 Å². The quantitative estimate of drug-likeness (QED) is 0.800. The fourth-order valence-corrected chi connectivity index (χ4v) is 1.14. The molecule has 0 amide bonds. The Kier molecular flexibility index (Phi) is 3.67. The zero-order valence-corrected chi connectivity index (χ0v) is 9.16. The van der Waals surface area contributed by atoms with Crippen LogP contribution in [0.25, 0.3) is 0 Å². The van der Waals surface area contributed by atoms with Crippen molar-refractivity contribution in [2.24, 2.45) is 5.73 Å². The first-order valence-corrected chi connectivity index (χ1v) is 4.93. The van der Waals surface area contributed by atoms with E-state index in [4.69, 9.17) is 10.5 Å². The fraction of sp³-hybridized carbons (Fsp3) is 0.500. The predicted octanol–water partition coefficient (Wildman–Crippen LogP) is 2.50. The molecule has 0 radical (unpaired) electrons. The van der Waals surface area contributed by atoms with Crippen molar-refractivity contribution < 1.29 is 4.74 Å². The van der Waals surface area contributed by atoms with Gasteiger partial charge in [-0.25, -0.2) is 0 Å². The molecule has 0 aliphatic rings. The predicted molar refractivity (Wildman–Crippen MR) is 59.1 cm³/mol. The highest BCUT2D eigenvalue weighted by atomic mass is 16.5. The summed E-state index contributed by atoms with van der Waals surface area (Å²) in [6.45, 7) is 6.66. The molecule has 1 aromatic carbocycles. The molecule has 0 heterocycles. The van der Waals surface area contributed by atoms with Crippen molar-refractivity contribution >= 4 is 0 Å². The molecule has 0 fully saturated rings. The van der Waals surface area contributed by atoms with E-state index in [1.807, 2.05) is 51.1 Å².